The highest BCUT2D eigenvalue weighted by atomic mass is 16.5. The number of nitrogens with one attached hydrogen (secondary N) is 1. The Bertz CT molecular complexity index is 720. The molecule has 5 aliphatic carbocycles. The van der Waals surface area contributed by atoms with Crippen LogP contribution in [0.4, 0.5) is 0 Å². The molecule has 1 aliphatic heterocycles. The van der Waals surface area contributed by atoms with Gasteiger partial charge in [-0.05, 0) is 44.4 Å². The van der Waals surface area contributed by atoms with Gasteiger partial charge in [-0.2, -0.15) is 0 Å². The first-order chi connectivity index (χ1) is 14.4. The van der Waals surface area contributed by atoms with Crippen molar-refractivity contribution in [3.8, 4) is 0 Å². The summed E-state index contributed by atoms with van der Waals surface area (Å²) >= 11 is 0. The zero-order valence-electron chi connectivity index (χ0n) is 19.0. The van der Waals surface area contributed by atoms with E-state index in [0.29, 0.717) is 24.3 Å². The minimum Gasteiger partial charge on any atom is -0.392 e. The van der Waals surface area contributed by atoms with Gasteiger partial charge in [0, 0.05) is 50.9 Å². The molecular weight excluding hydrogens is 382 g/mol. The van der Waals surface area contributed by atoms with Crippen molar-refractivity contribution in [3.05, 3.63) is 0 Å². The molecule has 0 aromatic rings. The average Bonchev–Trinajstić information content (AvgIpc) is 3.15. The van der Waals surface area contributed by atoms with Crippen LogP contribution in [-0.2, 0) is 14.2 Å². The Morgan fingerprint density at radius 3 is 2.57 bits per heavy atom. The van der Waals surface area contributed by atoms with Crippen LogP contribution in [0.1, 0.15) is 39.0 Å². The molecule has 1 spiro atoms. The summed E-state index contributed by atoms with van der Waals surface area (Å²) in [6, 6.07) is 0.413. The Balaban J connectivity index is 1.58. The normalized spacial score (nSPS) is 62.6. The van der Waals surface area contributed by atoms with Crippen molar-refractivity contribution < 1.29 is 29.3 Å². The Morgan fingerprint density at radius 2 is 1.90 bits per heavy atom. The van der Waals surface area contributed by atoms with Crippen LogP contribution in [0.3, 0.4) is 0 Å². The van der Waals surface area contributed by atoms with Crippen LogP contribution in [0.25, 0.3) is 0 Å². The molecule has 170 valence electrons. The predicted molar refractivity (Wildman–Crippen MR) is 110 cm³/mol. The fourth-order valence-corrected chi connectivity index (χ4v) is 10.9. The van der Waals surface area contributed by atoms with E-state index < -0.39 is 11.7 Å². The van der Waals surface area contributed by atoms with Crippen LogP contribution in [0.5, 0.6) is 0 Å². The summed E-state index contributed by atoms with van der Waals surface area (Å²) in [5.41, 5.74) is -0.624. The lowest BCUT2D eigenvalue weighted by atomic mass is 9.43. The smallest absolute Gasteiger partial charge is 0.102 e. The Kier molecular flexibility index (Phi) is 4.36. The zero-order chi connectivity index (χ0) is 21.1. The van der Waals surface area contributed by atoms with Crippen LogP contribution in [-0.4, -0.2) is 81.2 Å². The van der Waals surface area contributed by atoms with Crippen molar-refractivity contribution in [3.63, 3.8) is 0 Å². The van der Waals surface area contributed by atoms with E-state index in [2.05, 4.69) is 6.92 Å². The summed E-state index contributed by atoms with van der Waals surface area (Å²) in [6.07, 6.45) is 4.64. The van der Waals surface area contributed by atoms with Gasteiger partial charge in [0.05, 0.1) is 49.0 Å². The van der Waals surface area contributed by atoms with Gasteiger partial charge in [0.25, 0.3) is 0 Å². The largest absolute Gasteiger partial charge is 0.392 e. The molecule has 13 unspecified atom stereocenters. The molecular formula is C24H40NO5+. The first kappa shape index (κ1) is 20.4. The first-order valence-corrected chi connectivity index (χ1v) is 12.2. The molecule has 13 atom stereocenters. The zero-order valence-corrected chi connectivity index (χ0v) is 19.0. The van der Waals surface area contributed by atoms with E-state index >= 15 is 0 Å². The van der Waals surface area contributed by atoms with E-state index in [-0.39, 0.29) is 40.8 Å². The highest BCUT2D eigenvalue weighted by Gasteiger charge is 2.85. The third kappa shape index (κ3) is 2.00. The van der Waals surface area contributed by atoms with Crippen molar-refractivity contribution in [2.75, 3.05) is 41.0 Å². The number of hydrogen-bond acceptors (Lipinski definition) is 5. The topological polar surface area (TPSA) is 72.6 Å². The molecule has 6 heteroatoms. The standard InChI is InChI=1S/C24H39NO5/c1-5-25-11-22(12-28-2)7-6-18(30-4)24-14-8-13-16(29-3)10-23(27,19(14)20(13)26)15(21(24)25)9-17(22)24/h13-21,26-27H,5-12H2,1-4H3/p+1. The van der Waals surface area contributed by atoms with Gasteiger partial charge in [-0.1, -0.05) is 0 Å². The molecule has 7 bridgehead atoms. The van der Waals surface area contributed by atoms with Crippen LogP contribution in [0.15, 0.2) is 0 Å². The number of quaternary nitrogens is 1. The van der Waals surface area contributed by atoms with Crippen LogP contribution < -0.4 is 4.90 Å². The quantitative estimate of drug-likeness (QED) is 0.587. The van der Waals surface area contributed by atoms with E-state index in [0.717, 1.165) is 45.4 Å². The summed E-state index contributed by atoms with van der Waals surface area (Å²) in [4.78, 5) is 1.64. The molecule has 0 aromatic carbocycles. The number of hydrogen-bond donors (Lipinski definition) is 3. The van der Waals surface area contributed by atoms with Gasteiger partial charge < -0.3 is 29.3 Å². The van der Waals surface area contributed by atoms with E-state index in [1.807, 2.05) is 14.2 Å². The molecule has 3 N–H and O–H groups in total. The van der Waals surface area contributed by atoms with Gasteiger partial charge in [-0.25, -0.2) is 0 Å². The molecule has 6 fully saturated rings. The number of rotatable bonds is 5. The number of likely N-dealkylation sites (tertiary alicyclic amines) is 1. The number of methoxy groups -OCH3 is 3. The average molecular weight is 423 g/mol. The molecule has 0 aromatic heterocycles. The number of aliphatic hydroxyl groups excluding tert-OH is 1. The number of piperidine rings is 1. The van der Waals surface area contributed by atoms with E-state index in [1.54, 1.807) is 12.0 Å². The Labute approximate surface area is 180 Å². The fraction of sp³-hybridized carbons (Fsp3) is 1.00. The molecule has 0 amide bonds. The Morgan fingerprint density at radius 1 is 1.10 bits per heavy atom. The van der Waals surface area contributed by atoms with Crippen molar-refractivity contribution in [1.82, 2.24) is 0 Å². The van der Waals surface area contributed by atoms with Gasteiger partial charge >= 0.3 is 0 Å². The van der Waals surface area contributed by atoms with Crippen molar-refractivity contribution in [1.29, 1.82) is 0 Å². The molecule has 5 saturated carbocycles. The second kappa shape index (κ2) is 6.42. The predicted octanol–water partition coefficient (Wildman–Crippen LogP) is 0.114. The summed E-state index contributed by atoms with van der Waals surface area (Å²) in [5.74, 6) is 1.13. The highest BCUT2D eigenvalue weighted by Crippen LogP contribution is 2.76. The second-order valence-electron chi connectivity index (χ2n) is 11.6. The second-order valence-corrected chi connectivity index (χ2v) is 11.6. The SMILES string of the molecule is CC[NH+]1CC2(COC)CCC(OC)C34C5CC6C(OC)CC(O)(C(CC23)C14)C5C6O. The number of ether oxygens (including phenoxy) is 3. The lowest BCUT2D eigenvalue weighted by Crippen LogP contribution is -3.21. The fourth-order valence-electron chi connectivity index (χ4n) is 10.9. The summed E-state index contributed by atoms with van der Waals surface area (Å²) in [7, 11) is 5.50. The van der Waals surface area contributed by atoms with Crippen LogP contribution in [0.2, 0.25) is 0 Å². The molecule has 30 heavy (non-hydrogen) atoms. The monoisotopic (exact) mass is 422 g/mol. The van der Waals surface area contributed by atoms with Gasteiger partial charge in [0.15, 0.2) is 0 Å². The van der Waals surface area contributed by atoms with Gasteiger partial charge in [-0.3, -0.25) is 0 Å². The third-order valence-electron chi connectivity index (χ3n) is 11.4. The molecule has 6 nitrogen and oxygen atoms in total. The summed E-state index contributed by atoms with van der Waals surface area (Å²) < 4.78 is 18.1. The molecule has 6 rings (SSSR count). The minimum atomic E-state index is -0.827. The third-order valence-corrected chi connectivity index (χ3v) is 11.4. The lowest BCUT2D eigenvalue weighted by Gasteiger charge is -2.67. The molecule has 1 heterocycles. The molecule has 6 aliphatic rings. The first-order valence-electron chi connectivity index (χ1n) is 12.2. The summed E-state index contributed by atoms with van der Waals surface area (Å²) in [5, 5.41) is 23.8. The van der Waals surface area contributed by atoms with Gasteiger partial charge in [0.1, 0.15) is 6.04 Å². The maximum atomic E-state index is 12.4. The van der Waals surface area contributed by atoms with Crippen molar-refractivity contribution in [2.24, 2.45) is 40.4 Å². The van der Waals surface area contributed by atoms with Gasteiger partial charge in [0.2, 0.25) is 0 Å². The molecule has 1 saturated heterocycles. The summed E-state index contributed by atoms with van der Waals surface area (Å²) in [6.45, 7) is 5.33. The van der Waals surface area contributed by atoms with E-state index in [9.17, 15) is 10.2 Å². The van der Waals surface area contributed by atoms with Crippen LogP contribution in [0, 0.1) is 40.4 Å². The maximum absolute atomic E-state index is 12.4. The van der Waals surface area contributed by atoms with E-state index in [4.69, 9.17) is 14.2 Å². The number of aliphatic hydroxyl groups is 2. The number of fused-ring (bicyclic) bond motifs is 2. The van der Waals surface area contributed by atoms with E-state index in [1.165, 1.54) is 0 Å². The molecule has 0 radical (unpaired) electrons. The van der Waals surface area contributed by atoms with Gasteiger partial charge in [-0.15, -0.1) is 0 Å². The van der Waals surface area contributed by atoms with Crippen molar-refractivity contribution >= 4 is 0 Å². The lowest BCUT2D eigenvalue weighted by molar-refractivity contribution is -0.953. The van der Waals surface area contributed by atoms with Crippen molar-refractivity contribution in [2.45, 2.75) is 69.0 Å². The maximum Gasteiger partial charge on any atom is 0.102 e. The minimum absolute atomic E-state index is 0.0349. The Hall–Kier alpha value is -0.240. The van der Waals surface area contributed by atoms with Crippen LogP contribution >= 0.6 is 0 Å². The highest BCUT2D eigenvalue weighted by molar-refractivity contribution is 5.30.